The van der Waals surface area contributed by atoms with Gasteiger partial charge in [-0.2, -0.15) is 0 Å². The van der Waals surface area contributed by atoms with Crippen molar-refractivity contribution in [1.82, 2.24) is 5.32 Å². The van der Waals surface area contributed by atoms with Gasteiger partial charge in [-0.1, -0.05) is 19.8 Å². The SMILES string of the molecule is CCN[C@H]1CCCC[C@@H]1OCC. The minimum Gasteiger partial charge on any atom is -0.377 e. The third kappa shape index (κ3) is 2.76. The summed E-state index contributed by atoms with van der Waals surface area (Å²) < 4.78 is 5.69. The van der Waals surface area contributed by atoms with Crippen LogP contribution in [0.3, 0.4) is 0 Å². The quantitative estimate of drug-likeness (QED) is 0.698. The molecule has 0 bridgehead atoms. The molecular weight excluding hydrogens is 150 g/mol. The van der Waals surface area contributed by atoms with Gasteiger partial charge in [0, 0.05) is 12.6 Å². The van der Waals surface area contributed by atoms with Gasteiger partial charge in [-0.05, 0) is 26.3 Å². The molecule has 0 saturated heterocycles. The first-order chi connectivity index (χ1) is 5.88. The summed E-state index contributed by atoms with van der Waals surface area (Å²) in [5, 5.41) is 3.49. The molecule has 0 radical (unpaired) electrons. The lowest BCUT2D eigenvalue weighted by atomic mass is 9.92. The molecule has 0 spiro atoms. The lowest BCUT2D eigenvalue weighted by Crippen LogP contribution is -2.43. The van der Waals surface area contributed by atoms with Crippen molar-refractivity contribution < 1.29 is 4.74 Å². The van der Waals surface area contributed by atoms with Gasteiger partial charge in [0.2, 0.25) is 0 Å². The Morgan fingerprint density at radius 1 is 1.25 bits per heavy atom. The number of ether oxygens (including phenoxy) is 1. The molecule has 1 aliphatic carbocycles. The van der Waals surface area contributed by atoms with Crippen LogP contribution in [0.25, 0.3) is 0 Å². The van der Waals surface area contributed by atoms with E-state index in [1.165, 1.54) is 25.7 Å². The first kappa shape index (κ1) is 10.0. The molecule has 72 valence electrons. The van der Waals surface area contributed by atoms with Crippen molar-refractivity contribution >= 4 is 0 Å². The number of likely N-dealkylation sites (N-methyl/N-ethyl adjacent to an activating group) is 1. The zero-order chi connectivity index (χ0) is 8.81. The predicted molar refractivity (Wildman–Crippen MR) is 51.3 cm³/mol. The molecule has 1 fully saturated rings. The summed E-state index contributed by atoms with van der Waals surface area (Å²) in [6.07, 6.45) is 5.71. The van der Waals surface area contributed by atoms with Crippen LogP contribution < -0.4 is 5.32 Å². The van der Waals surface area contributed by atoms with Crippen LogP contribution in [0.1, 0.15) is 39.5 Å². The molecule has 2 nitrogen and oxygen atoms in total. The molecule has 0 aliphatic heterocycles. The summed E-state index contributed by atoms with van der Waals surface area (Å²) in [5.41, 5.74) is 0. The fourth-order valence-corrected chi connectivity index (χ4v) is 2.01. The van der Waals surface area contributed by atoms with Crippen molar-refractivity contribution in [2.24, 2.45) is 0 Å². The summed E-state index contributed by atoms with van der Waals surface area (Å²) in [6.45, 7) is 6.16. The molecule has 0 aromatic heterocycles. The van der Waals surface area contributed by atoms with Gasteiger partial charge in [-0.15, -0.1) is 0 Å². The van der Waals surface area contributed by atoms with Crippen molar-refractivity contribution in [2.45, 2.75) is 51.7 Å². The minimum absolute atomic E-state index is 0.476. The molecule has 0 amide bonds. The van der Waals surface area contributed by atoms with E-state index in [0.29, 0.717) is 12.1 Å². The third-order valence-corrected chi connectivity index (χ3v) is 2.55. The third-order valence-electron chi connectivity index (χ3n) is 2.55. The second-order valence-corrected chi connectivity index (χ2v) is 3.44. The first-order valence-corrected chi connectivity index (χ1v) is 5.23. The molecule has 0 aromatic rings. The number of nitrogens with one attached hydrogen (secondary N) is 1. The van der Waals surface area contributed by atoms with Gasteiger partial charge < -0.3 is 10.1 Å². The molecule has 12 heavy (non-hydrogen) atoms. The molecule has 0 aromatic carbocycles. The van der Waals surface area contributed by atoms with Crippen LogP contribution in [0.2, 0.25) is 0 Å². The minimum atomic E-state index is 0.476. The highest BCUT2D eigenvalue weighted by Gasteiger charge is 2.23. The first-order valence-electron chi connectivity index (χ1n) is 5.23. The van der Waals surface area contributed by atoms with Crippen molar-refractivity contribution in [3.05, 3.63) is 0 Å². The largest absolute Gasteiger partial charge is 0.377 e. The van der Waals surface area contributed by atoms with Crippen molar-refractivity contribution in [3.63, 3.8) is 0 Å². The molecule has 2 heteroatoms. The summed E-state index contributed by atoms with van der Waals surface area (Å²) in [4.78, 5) is 0. The van der Waals surface area contributed by atoms with Crippen molar-refractivity contribution in [3.8, 4) is 0 Å². The Hall–Kier alpha value is -0.0800. The number of hydrogen-bond donors (Lipinski definition) is 1. The second kappa shape index (κ2) is 5.55. The van der Waals surface area contributed by atoms with Crippen LogP contribution >= 0.6 is 0 Å². The lowest BCUT2D eigenvalue weighted by Gasteiger charge is -2.31. The topological polar surface area (TPSA) is 21.3 Å². The maximum Gasteiger partial charge on any atom is 0.0727 e. The van der Waals surface area contributed by atoms with Crippen molar-refractivity contribution in [1.29, 1.82) is 0 Å². The van der Waals surface area contributed by atoms with Gasteiger partial charge in [-0.3, -0.25) is 0 Å². The smallest absolute Gasteiger partial charge is 0.0727 e. The lowest BCUT2D eigenvalue weighted by molar-refractivity contribution is 0.0128. The molecule has 1 saturated carbocycles. The molecule has 2 atom stereocenters. The Labute approximate surface area is 75.7 Å². The number of hydrogen-bond acceptors (Lipinski definition) is 2. The van der Waals surface area contributed by atoms with E-state index >= 15 is 0 Å². The molecule has 1 aliphatic rings. The summed E-state index contributed by atoms with van der Waals surface area (Å²) >= 11 is 0. The Morgan fingerprint density at radius 3 is 2.67 bits per heavy atom. The van der Waals surface area contributed by atoms with Gasteiger partial charge in [0.15, 0.2) is 0 Å². The van der Waals surface area contributed by atoms with Crippen LogP contribution in [-0.4, -0.2) is 25.3 Å². The highest BCUT2D eigenvalue weighted by Crippen LogP contribution is 2.20. The van der Waals surface area contributed by atoms with E-state index in [1.807, 2.05) is 0 Å². The highest BCUT2D eigenvalue weighted by molar-refractivity contribution is 4.81. The van der Waals surface area contributed by atoms with Crippen LogP contribution in [-0.2, 0) is 4.74 Å². The average Bonchev–Trinajstić information content (AvgIpc) is 2.09. The van der Waals surface area contributed by atoms with E-state index in [0.717, 1.165) is 13.2 Å². The Kier molecular flexibility index (Phi) is 4.62. The van der Waals surface area contributed by atoms with Gasteiger partial charge in [0.05, 0.1) is 6.10 Å². The van der Waals surface area contributed by atoms with E-state index in [-0.39, 0.29) is 0 Å². The maximum absolute atomic E-state index is 5.69. The van der Waals surface area contributed by atoms with Gasteiger partial charge in [0.1, 0.15) is 0 Å². The van der Waals surface area contributed by atoms with E-state index < -0.39 is 0 Å². The summed E-state index contributed by atoms with van der Waals surface area (Å²) in [6, 6.07) is 0.615. The normalized spacial score (nSPS) is 30.5. The molecule has 0 unspecified atom stereocenters. The van der Waals surface area contributed by atoms with E-state index in [2.05, 4.69) is 19.2 Å². The van der Waals surface area contributed by atoms with E-state index in [1.54, 1.807) is 0 Å². The van der Waals surface area contributed by atoms with Crippen LogP contribution in [0.4, 0.5) is 0 Å². The second-order valence-electron chi connectivity index (χ2n) is 3.44. The summed E-state index contributed by atoms with van der Waals surface area (Å²) in [7, 11) is 0. The molecule has 1 rings (SSSR count). The molecule has 0 heterocycles. The van der Waals surface area contributed by atoms with Gasteiger partial charge in [0.25, 0.3) is 0 Å². The standard InChI is InChI=1S/C10H21NO/c1-3-11-9-7-5-6-8-10(9)12-4-2/h9-11H,3-8H2,1-2H3/t9-,10-/m0/s1. The highest BCUT2D eigenvalue weighted by atomic mass is 16.5. The fraction of sp³-hybridized carbons (Fsp3) is 1.00. The number of rotatable bonds is 4. The van der Waals surface area contributed by atoms with Gasteiger partial charge in [-0.25, -0.2) is 0 Å². The van der Waals surface area contributed by atoms with Crippen LogP contribution in [0, 0.1) is 0 Å². The predicted octanol–water partition coefficient (Wildman–Crippen LogP) is 1.94. The van der Waals surface area contributed by atoms with E-state index in [9.17, 15) is 0 Å². The monoisotopic (exact) mass is 171 g/mol. The Balaban J connectivity index is 2.31. The summed E-state index contributed by atoms with van der Waals surface area (Å²) in [5.74, 6) is 0. The Morgan fingerprint density at radius 2 is 2.00 bits per heavy atom. The van der Waals surface area contributed by atoms with Crippen LogP contribution in [0.15, 0.2) is 0 Å². The molecule has 1 N–H and O–H groups in total. The molecular formula is C10H21NO. The zero-order valence-corrected chi connectivity index (χ0v) is 8.31. The average molecular weight is 171 g/mol. The van der Waals surface area contributed by atoms with Crippen molar-refractivity contribution in [2.75, 3.05) is 13.2 Å². The maximum atomic E-state index is 5.69. The van der Waals surface area contributed by atoms with Crippen LogP contribution in [0.5, 0.6) is 0 Å². The fourth-order valence-electron chi connectivity index (χ4n) is 2.01. The zero-order valence-electron chi connectivity index (χ0n) is 8.31. The Bertz CT molecular complexity index is 98.4. The van der Waals surface area contributed by atoms with E-state index in [4.69, 9.17) is 4.74 Å². The van der Waals surface area contributed by atoms with Gasteiger partial charge >= 0.3 is 0 Å².